The van der Waals surface area contributed by atoms with Crippen LogP contribution in [0.4, 0.5) is 11.5 Å². The van der Waals surface area contributed by atoms with Crippen molar-refractivity contribution in [2.45, 2.75) is 39.5 Å². The second-order valence-corrected chi connectivity index (χ2v) is 7.51. The fourth-order valence-electron chi connectivity index (χ4n) is 2.94. The quantitative estimate of drug-likeness (QED) is 0.379. The van der Waals surface area contributed by atoms with Gasteiger partial charge in [0.2, 0.25) is 0 Å². The summed E-state index contributed by atoms with van der Waals surface area (Å²) in [6, 6.07) is 7.80. The van der Waals surface area contributed by atoms with Gasteiger partial charge in [-0.1, -0.05) is 26.2 Å². The van der Waals surface area contributed by atoms with Crippen molar-refractivity contribution in [3.05, 3.63) is 41.0 Å². The zero-order chi connectivity index (χ0) is 19.9. The number of rotatable bonds is 9. The second-order valence-electron chi connectivity index (χ2n) is 6.51. The summed E-state index contributed by atoms with van der Waals surface area (Å²) in [6.45, 7) is 4.82. The standard InChI is InChI=1S/C21H25N3O3S/c1-4-5-6-7-12-27-16-10-8-15(9-11-16)24-19-17-14(2)18(21(25)26-3)28-20(17)23-13-22-19/h8-11,13H,4-7,12H2,1-3H3,(H,22,23,24). The van der Waals surface area contributed by atoms with Crippen LogP contribution in [-0.2, 0) is 4.74 Å². The third-order valence-electron chi connectivity index (χ3n) is 4.48. The molecule has 1 aromatic carbocycles. The minimum Gasteiger partial charge on any atom is -0.494 e. The molecule has 0 aliphatic carbocycles. The van der Waals surface area contributed by atoms with Gasteiger partial charge in [-0.15, -0.1) is 11.3 Å². The predicted molar refractivity (Wildman–Crippen MR) is 113 cm³/mol. The number of fused-ring (bicyclic) bond motifs is 1. The molecule has 3 rings (SSSR count). The van der Waals surface area contributed by atoms with Crippen molar-refractivity contribution in [2.75, 3.05) is 19.0 Å². The second kappa shape index (κ2) is 9.50. The lowest BCUT2D eigenvalue weighted by Gasteiger charge is -2.09. The maximum atomic E-state index is 12.0. The van der Waals surface area contributed by atoms with Gasteiger partial charge in [0.25, 0.3) is 0 Å². The lowest BCUT2D eigenvalue weighted by Crippen LogP contribution is -2.00. The van der Waals surface area contributed by atoms with E-state index in [4.69, 9.17) is 9.47 Å². The third-order valence-corrected chi connectivity index (χ3v) is 5.66. The van der Waals surface area contributed by atoms with Crippen LogP contribution in [0.25, 0.3) is 10.2 Å². The molecule has 0 aliphatic heterocycles. The van der Waals surface area contributed by atoms with E-state index in [1.54, 1.807) is 0 Å². The van der Waals surface area contributed by atoms with E-state index in [1.165, 1.54) is 44.0 Å². The normalized spacial score (nSPS) is 10.8. The lowest BCUT2D eigenvalue weighted by atomic mass is 10.2. The minimum absolute atomic E-state index is 0.355. The van der Waals surface area contributed by atoms with Crippen molar-refractivity contribution >= 4 is 39.0 Å². The van der Waals surface area contributed by atoms with Crippen LogP contribution in [0.1, 0.15) is 47.8 Å². The van der Waals surface area contributed by atoms with Gasteiger partial charge in [-0.2, -0.15) is 0 Å². The van der Waals surface area contributed by atoms with Crippen molar-refractivity contribution in [1.29, 1.82) is 0 Å². The SMILES string of the molecule is CCCCCCOc1ccc(Nc2ncnc3sc(C(=O)OC)c(C)c23)cc1. The summed E-state index contributed by atoms with van der Waals surface area (Å²) in [6.07, 6.45) is 6.25. The van der Waals surface area contributed by atoms with E-state index < -0.39 is 0 Å². The number of aryl methyl sites for hydroxylation is 1. The van der Waals surface area contributed by atoms with Gasteiger partial charge in [0.05, 0.1) is 19.1 Å². The Labute approximate surface area is 168 Å². The summed E-state index contributed by atoms with van der Waals surface area (Å²) in [5.41, 5.74) is 1.71. The third kappa shape index (κ3) is 4.59. The molecule has 0 radical (unpaired) electrons. The molecule has 7 heteroatoms. The number of carbonyl (C=O) groups is 1. The molecule has 0 fully saturated rings. The zero-order valence-electron chi connectivity index (χ0n) is 16.4. The van der Waals surface area contributed by atoms with Crippen molar-refractivity contribution in [3.63, 3.8) is 0 Å². The monoisotopic (exact) mass is 399 g/mol. The zero-order valence-corrected chi connectivity index (χ0v) is 17.3. The van der Waals surface area contributed by atoms with E-state index in [-0.39, 0.29) is 5.97 Å². The summed E-state index contributed by atoms with van der Waals surface area (Å²) in [5, 5.41) is 4.15. The Bertz CT molecular complexity index is 938. The van der Waals surface area contributed by atoms with Gasteiger partial charge in [-0.3, -0.25) is 0 Å². The molecule has 0 aliphatic rings. The molecule has 6 nitrogen and oxygen atoms in total. The Hall–Kier alpha value is -2.67. The van der Waals surface area contributed by atoms with Gasteiger partial charge < -0.3 is 14.8 Å². The first kappa shape index (κ1) is 20.1. The Kier molecular flexibility index (Phi) is 6.81. The number of hydrogen-bond acceptors (Lipinski definition) is 7. The van der Waals surface area contributed by atoms with Crippen molar-refractivity contribution in [2.24, 2.45) is 0 Å². The average molecular weight is 400 g/mol. The number of thiophene rings is 1. The summed E-state index contributed by atoms with van der Waals surface area (Å²) < 4.78 is 10.6. The summed E-state index contributed by atoms with van der Waals surface area (Å²) in [4.78, 5) is 21.9. The van der Waals surface area contributed by atoms with Crippen molar-refractivity contribution in [1.82, 2.24) is 9.97 Å². The number of aromatic nitrogens is 2. The van der Waals surface area contributed by atoms with Gasteiger partial charge in [-0.25, -0.2) is 14.8 Å². The van der Waals surface area contributed by atoms with Crippen LogP contribution in [0.2, 0.25) is 0 Å². The Morgan fingerprint density at radius 1 is 1.14 bits per heavy atom. The molecular weight excluding hydrogens is 374 g/mol. The predicted octanol–water partition coefficient (Wildman–Crippen LogP) is 5.49. The number of nitrogens with one attached hydrogen (secondary N) is 1. The van der Waals surface area contributed by atoms with E-state index in [2.05, 4.69) is 22.2 Å². The molecule has 28 heavy (non-hydrogen) atoms. The highest BCUT2D eigenvalue weighted by Gasteiger charge is 2.19. The molecule has 2 heterocycles. The van der Waals surface area contributed by atoms with Crippen molar-refractivity contribution in [3.8, 4) is 5.75 Å². The number of carbonyl (C=O) groups excluding carboxylic acids is 1. The molecule has 0 saturated carbocycles. The molecule has 0 saturated heterocycles. The van der Waals surface area contributed by atoms with Crippen LogP contribution in [0.3, 0.4) is 0 Å². The smallest absolute Gasteiger partial charge is 0.348 e. The largest absolute Gasteiger partial charge is 0.494 e. The number of hydrogen-bond donors (Lipinski definition) is 1. The fraction of sp³-hybridized carbons (Fsp3) is 0.381. The lowest BCUT2D eigenvalue weighted by molar-refractivity contribution is 0.0605. The summed E-state index contributed by atoms with van der Waals surface area (Å²) >= 11 is 1.31. The first-order valence-corrected chi connectivity index (χ1v) is 10.3. The molecule has 148 valence electrons. The number of benzene rings is 1. The number of ether oxygens (including phenoxy) is 2. The molecule has 0 amide bonds. The molecule has 1 N–H and O–H groups in total. The molecule has 0 atom stereocenters. The van der Waals surface area contributed by atoms with Crippen LogP contribution in [0, 0.1) is 6.92 Å². The van der Waals surface area contributed by atoms with Gasteiger partial charge in [-0.05, 0) is 43.2 Å². The molecule has 3 aromatic rings. The number of esters is 1. The van der Waals surface area contributed by atoms with Crippen LogP contribution < -0.4 is 10.1 Å². The van der Waals surface area contributed by atoms with E-state index >= 15 is 0 Å². The maximum Gasteiger partial charge on any atom is 0.348 e. The van der Waals surface area contributed by atoms with Gasteiger partial charge >= 0.3 is 5.97 Å². The van der Waals surface area contributed by atoms with Crippen molar-refractivity contribution < 1.29 is 14.3 Å². The Balaban J connectivity index is 1.72. The van der Waals surface area contributed by atoms with E-state index in [0.29, 0.717) is 10.7 Å². The summed E-state index contributed by atoms with van der Waals surface area (Å²) in [7, 11) is 1.38. The van der Waals surface area contributed by atoms with Crippen LogP contribution >= 0.6 is 11.3 Å². The van der Waals surface area contributed by atoms with E-state index in [0.717, 1.165) is 40.2 Å². The van der Waals surface area contributed by atoms with Gasteiger partial charge in [0.1, 0.15) is 27.6 Å². The van der Waals surface area contributed by atoms with Crippen LogP contribution in [0.5, 0.6) is 5.75 Å². The molecular formula is C21H25N3O3S. The number of anilines is 2. The topological polar surface area (TPSA) is 73.3 Å². The first-order valence-electron chi connectivity index (χ1n) is 9.46. The maximum absolute atomic E-state index is 12.0. The molecule has 0 unspecified atom stereocenters. The number of nitrogens with zero attached hydrogens (tertiary/aromatic N) is 2. The minimum atomic E-state index is -0.355. The Morgan fingerprint density at radius 3 is 2.64 bits per heavy atom. The number of unbranched alkanes of at least 4 members (excludes halogenated alkanes) is 3. The average Bonchev–Trinajstić information content (AvgIpc) is 3.06. The highest BCUT2D eigenvalue weighted by Crippen LogP contribution is 2.34. The first-order chi connectivity index (χ1) is 13.6. The van der Waals surface area contributed by atoms with Gasteiger partial charge in [0.15, 0.2) is 0 Å². The number of methoxy groups -OCH3 is 1. The molecule has 0 bridgehead atoms. The van der Waals surface area contributed by atoms with E-state index in [9.17, 15) is 4.79 Å². The molecule has 2 aromatic heterocycles. The van der Waals surface area contributed by atoms with E-state index in [1.807, 2.05) is 31.2 Å². The summed E-state index contributed by atoms with van der Waals surface area (Å²) in [5.74, 6) is 1.17. The molecule has 0 spiro atoms. The Morgan fingerprint density at radius 2 is 1.93 bits per heavy atom. The van der Waals surface area contributed by atoms with Crippen LogP contribution in [0.15, 0.2) is 30.6 Å². The fourth-order valence-corrected chi connectivity index (χ4v) is 4.01. The highest BCUT2D eigenvalue weighted by atomic mass is 32.1. The van der Waals surface area contributed by atoms with Crippen LogP contribution in [-0.4, -0.2) is 29.7 Å². The highest BCUT2D eigenvalue weighted by molar-refractivity contribution is 7.20. The van der Waals surface area contributed by atoms with Gasteiger partial charge in [0, 0.05) is 5.69 Å².